The first-order valence-electron chi connectivity index (χ1n) is 5.25. The second kappa shape index (κ2) is 5.63. The van der Waals surface area contributed by atoms with Crippen molar-refractivity contribution in [3.05, 3.63) is 34.8 Å². The molecule has 2 rings (SSSR count). The molecule has 0 saturated heterocycles. The van der Waals surface area contributed by atoms with Crippen LogP contribution in [0.15, 0.2) is 34.4 Å². The quantitative estimate of drug-likeness (QED) is 0.877. The van der Waals surface area contributed by atoms with Crippen molar-refractivity contribution in [2.75, 3.05) is 6.61 Å². The summed E-state index contributed by atoms with van der Waals surface area (Å²) < 4.78 is 7.50. The van der Waals surface area contributed by atoms with Gasteiger partial charge in [0, 0.05) is 10.0 Å². The number of halogens is 1. The van der Waals surface area contributed by atoms with Gasteiger partial charge in [-0.2, -0.15) is 5.10 Å². The maximum Gasteiger partial charge on any atom is 0.161 e. The molecule has 0 saturated carbocycles. The standard InChI is InChI=1S/C11H11BrN4O2/c1-2-18-11-3-8(9(12)4-10(11)17)5-15-16-6-13-14-7-16/h3-7,17H,2H2,1H3/b15-5+. The molecule has 7 heteroatoms. The Morgan fingerprint density at radius 1 is 1.44 bits per heavy atom. The first-order chi connectivity index (χ1) is 8.70. The molecule has 0 unspecified atom stereocenters. The van der Waals surface area contributed by atoms with Gasteiger partial charge in [-0.15, -0.1) is 10.2 Å². The van der Waals surface area contributed by atoms with E-state index in [2.05, 4.69) is 31.2 Å². The predicted octanol–water partition coefficient (Wildman–Crippen LogP) is 2.03. The first-order valence-corrected chi connectivity index (χ1v) is 6.04. The normalized spacial score (nSPS) is 11.0. The Morgan fingerprint density at radius 2 is 2.17 bits per heavy atom. The highest BCUT2D eigenvalue weighted by atomic mass is 79.9. The molecular weight excluding hydrogens is 300 g/mol. The van der Waals surface area contributed by atoms with Gasteiger partial charge in [0.2, 0.25) is 0 Å². The van der Waals surface area contributed by atoms with Crippen molar-refractivity contribution in [1.82, 2.24) is 14.9 Å². The van der Waals surface area contributed by atoms with E-state index in [0.717, 1.165) is 10.0 Å². The number of hydrogen-bond acceptors (Lipinski definition) is 5. The SMILES string of the molecule is CCOc1cc(/C=N/n2cnnc2)c(Br)cc1O. The molecule has 0 aliphatic heterocycles. The molecule has 1 N–H and O–H groups in total. The summed E-state index contributed by atoms with van der Waals surface area (Å²) in [4.78, 5) is 0. The Hall–Kier alpha value is -1.89. The van der Waals surface area contributed by atoms with E-state index in [9.17, 15) is 5.11 Å². The van der Waals surface area contributed by atoms with Crippen LogP contribution in [0.4, 0.5) is 0 Å². The third-order valence-electron chi connectivity index (χ3n) is 2.11. The fourth-order valence-electron chi connectivity index (χ4n) is 1.31. The van der Waals surface area contributed by atoms with Crippen molar-refractivity contribution in [2.45, 2.75) is 6.92 Å². The van der Waals surface area contributed by atoms with E-state index in [1.165, 1.54) is 17.3 Å². The van der Waals surface area contributed by atoms with Crippen LogP contribution in [0.1, 0.15) is 12.5 Å². The van der Waals surface area contributed by atoms with Gasteiger partial charge in [0.1, 0.15) is 12.7 Å². The van der Waals surface area contributed by atoms with Crippen LogP contribution >= 0.6 is 15.9 Å². The Labute approximate surface area is 112 Å². The number of rotatable bonds is 4. The van der Waals surface area contributed by atoms with Crippen LogP contribution in [0.25, 0.3) is 0 Å². The molecule has 1 aromatic carbocycles. The highest BCUT2D eigenvalue weighted by Crippen LogP contribution is 2.31. The average molecular weight is 311 g/mol. The minimum absolute atomic E-state index is 0.0881. The molecule has 18 heavy (non-hydrogen) atoms. The van der Waals surface area contributed by atoms with Crippen LogP contribution in [0.5, 0.6) is 11.5 Å². The first kappa shape index (κ1) is 12.6. The molecule has 0 fully saturated rings. The summed E-state index contributed by atoms with van der Waals surface area (Å²) in [6, 6.07) is 3.27. The van der Waals surface area contributed by atoms with Crippen molar-refractivity contribution >= 4 is 22.1 Å². The zero-order valence-corrected chi connectivity index (χ0v) is 11.2. The zero-order chi connectivity index (χ0) is 13.0. The fraction of sp³-hybridized carbons (Fsp3) is 0.182. The zero-order valence-electron chi connectivity index (χ0n) is 9.62. The molecule has 1 aromatic heterocycles. The summed E-state index contributed by atoms with van der Waals surface area (Å²) in [5.74, 6) is 0.510. The minimum atomic E-state index is 0.0881. The Kier molecular flexibility index (Phi) is 3.93. The summed E-state index contributed by atoms with van der Waals surface area (Å²) in [6.45, 7) is 2.34. The van der Waals surface area contributed by atoms with Gasteiger partial charge in [-0.3, -0.25) is 0 Å². The van der Waals surface area contributed by atoms with Gasteiger partial charge >= 0.3 is 0 Å². The van der Waals surface area contributed by atoms with Crippen LogP contribution in [0.3, 0.4) is 0 Å². The Balaban J connectivity index is 2.29. The van der Waals surface area contributed by atoms with E-state index in [0.29, 0.717) is 12.4 Å². The monoisotopic (exact) mass is 310 g/mol. The molecule has 0 aliphatic carbocycles. The van der Waals surface area contributed by atoms with Crippen LogP contribution in [-0.4, -0.2) is 32.8 Å². The van der Waals surface area contributed by atoms with Gasteiger partial charge < -0.3 is 9.84 Å². The third-order valence-corrected chi connectivity index (χ3v) is 2.80. The maximum absolute atomic E-state index is 9.67. The van der Waals surface area contributed by atoms with Gasteiger partial charge in [0.05, 0.1) is 12.8 Å². The molecule has 0 amide bonds. The van der Waals surface area contributed by atoms with E-state index in [-0.39, 0.29) is 5.75 Å². The molecule has 94 valence electrons. The summed E-state index contributed by atoms with van der Waals surface area (Å²) in [7, 11) is 0. The van der Waals surface area contributed by atoms with Gasteiger partial charge in [0.25, 0.3) is 0 Å². The number of hydrogen-bond donors (Lipinski definition) is 1. The second-order valence-electron chi connectivity index (χ2n) is 3.36. The van der Waals surface area contributed by atoms with Crippen molar-refractivity contribution in [1.29, 1.82) is 0 Å². The summed E-state index contributed by atoms with van der Waals surface area (Å²) in [5, 5.41) is 21.1. The van der Waals surface area contributed by atoms with Crippen molar-refractivity contribution in [3.63, 3.8) is 0 Å². The predicted molar refractivity (Wildman–Crippen MR) is 70.0 cm³/mol. The second-order valence-corrected chi connectivity index (χ2v) is 4.22. The largest absolute Gasteiger partial charge is 0.504 e. The number of nitrogens with zero attached hydrogens (tertiary/aromatic N) is 4. The van der Waals surface area contributed by atoms with Crippen LogP contribution in [0, 0.1) is 0 Å². The van der Waals surface area contributed by atoms with Gasteiger partial charge in [-0.25, -0.2) is 4.68 Å². The van der Waals surface area contributed by atoms with Crippen molar-refractivity contribution in [3.8, 4) is 11.5 Å². The van der Waals surface area contributed by atoms with Crippen LogP contribution in [-0.2, 0) is 0 Å². The van der Waals surface area contributed by atoms with Crippen molar-refractivity contribution < 1.29 is 9.84 Å². The van der Waals surface area contributed by atoms with Crippen LogP contribution in [0.2, 0.25) is 0 Å². The molecule has 0 atom stereocenters. The molecular formula is C11H11BrN4O2. The number of aromatic nitrogens is 3. The maximum atomic E-state index is 9.67. The van der Waals surface area contributed by atoms with E-state index in [1.807, 2.05) is 6.92 Å². The Morgan fingerprint density at radius 3 is 2.83 bits per heavy atom. The number of phenols is 1. The van der Waals surface area contributed by atoms with Gasteiger partial charge in [0.15, 0.2) is 11.5 Å². The van der Waals surface area contributed by atoms with E-state index in [4.69, 9.17) is 4.74 Å². The molecule has 0 radical (unpaired) electrons. The number of ether oxygens (including phenoxy) is 1. The molecule has 0 spiro atoms. The average Bonchev–Trinajstić information content (AvgIpc) is 2.84. The number of aromatic hydroxyl groups is 1. The minimum Gasteiger partial charge on any atom is -0.504 e. The lowest BCUT2D eigenvalue weighted by Crippen LogP contribution is -1.95. The van der Waals surface area contributed by atoms with Gasteiger partial charge in [-0.1, -0.05) is 0 Å². The lowest BCUT2D eigenvalue weighted by atomic mass is 10.2. The molecule has 6 nitrogen and oxygen atoms in total. The fourth-order valence-corrected chi connectivity index (χ4v) is 1.75. The van der Waals surface area contributed by atoms with E-state index >= 15 is 0 Å². The van der Waals surface area contributed by atoms with E-state index < -0.39 is 0 Å². The molecule has 1 heterocycles. The lowest BCUT2D eigenvalue weighted by Gasteiger charge is -2.07. The lowest BCUT2D eigenvalue weighted by molar-refractivity contribution is 0.318. The third kappa shape index (κ3) is 2.86. The topological polar surface area (TPSA) is 72.5 Å². The number of phenolic OH excluding ortho intramolecular Hbond substituents is 1. The molecule has 0 aliphatic rings. The van der Waals surface area contributed by atoms with Crippen LogP contribution < -0.4 is 4.74 Å². The molecule has 0 bridgehead atoms. The Bertz CT molecular complexity index is 554. The highest BCUT2D eigenvalue weighted by Gasteiger charge is 2.07. The van der Waals surface area contributed by atoms with E-state index in [1.54, 1.807) is 18.3 Å². The summed E-state index contributed by atoms with van der Waals surface area (Å²) in [5.41, 5.74) is 0.782. The smallest absolute Gasteiger partial charge is 0.161 e. The summed E-state index contributed by atoms with van der Waals surface area (Å²) in [6.07, 6.45) is 4.58. The molecule has 2 aromatic rings. The van der Waals surface area contributed by atoms with Gasteiger partial charge in [-0.05, 0) is 35.0 Å². The highest BCUT2D eigenvalue weighted by molar-refractivity contribution is 9.10. The summed E-state index contributed by atoms with van der Waals surface area (Å²) >= 11 is 3.35. The van der Waals surface area contributed by atoms with Crippen molar-refractivity contribution in [2.24, 2.45) is 5.10 Å². The number of benzene rings is 1.